The summed E-state index contributed by atoms with van der Waals surface area (Å²) >= 11 is 0. The van der Waals surface area contributed by atoms with Crippen molar-refractivity contribution < 1.29 is 24.3 Å². The zero-order chi connectivity index (χ0) is 15.7. The van der Waals surface area contributed by atoms with Crippen LogP contribution in [0.2, 0.25) is 0 Å². The van der Waals surface area contributed by atoms with Crippen LogP contribution in [0, 0.1) is 0 Å². The number of carbonyl (C=O) groups is 2. The van der Waals surface area contributed by atoms with E-state index in [9.17, 15) is 14.8 Å². The highest BCUT2D eigenvalue weighted by molar-refractivity contribution is 5.95. The zero-order valence-corrected chi connectivity index (χ0v) is 12.0. The molecular weight excluding hydrogens is 278 g/mol. The summed E-state index contributed by atoms with van der Waals surface area (Å²) in [4.78, 5) is 27.4. The van der Waals surface area contributed by atoms with Crippen LogP contribution < -0.4 is 5.32 Å². The monoisotopic (exact) mass is 297 g/mol. The van der Waals surface area contributed by atoms with Gasteiger partial charge in [-0.2, -0.15) is 0 Å². The molecule has 0 saturated heterocycles. The number of nitrogens with one attached hydrogen (secondary N) is 1. The van der Waals surface area contributed by atoms with Crippen LogP contribution in [0.15, 0.2) is 18.3 Å². The molecule has 1 rings (SSSR count). The van der Waals surface area contributed by atoms with Crippen LogP contribution >= 0.6 is 0 Å². The molecule has 0 atom stereocenters. The number of nitrogens with zero attached hydrogens (tertiary/aromatic N) is 2. The maximum atomic E-state index is 11.8. The van der Waals surface area contributed by atoms with E-state index in [1.165, 1.54) is 25.4 Å². The van der Waals surface area contributed by atoms with Crippen molar-refractivity contribution in [1.82, 2.24) is 15.4 Å². The molecule has 0 spiro atoms. The lowest BCUT2D eigenvalue weighted by molar-refractivity contribution is -0.0686. The molecule has 1 aromatic heterocycles. The summed E-state index contributed by atoms with van der Waals surface area (Å²) in [5, 5.41) is 12.6. The third-order valence-corrected chi connectivity index (χ3v) is 2.58. The molecule has 8 heteroatoms. The highest BCUT2D eigenvalue weighted by Crippen LogP contribution is 2.03. The molecule has 2 amide bonds. The SMILES string of the molecule is COCCNC(=O)c1ccc(C(=O)N(O)CCOC)nc1. The van der Waals surface area contributed by atoms with Crippen LogP contribution in [-0.4, -0.2) is 67.6 Å². The number of hydrogen-bond donors (Lipinski definition) is 2. The molecule has 0 fully saturated rings. The molecule has 0 aliphatic rings. The first-order chi connectivity index (χ1) is 10.1. The van der Waals surface area contributed by atoms with E-state index in [2.05, 4.69) is 10.3 Å². The number of ether oxygens (including phenoxy) is 2. The van der Waals surface area contributed by atoms with Crippen LogP contribution in [-0.2, 0) is 9.47 Å². The second kappa shape index (κ2) is 9.01. The van der Waals surface area contributed by atoms with Crippen LogP contribution in [0.25, 0.3) is 0 Å². The van der Waals surface area contributed by atoms with Gasteiger partial charge in [0.05, 0.1) is 25.3 Å². The lowest BCUT2D eigenvalue weighted by atomic mass is 10.2. The van der Waals surface area contributed by atoms with Gasteiger partial charge >= 0.3 is 0 Å². The number of aromatic nitrogens is 1. The first-order valence-electron chi connectivity index (χ1n) is 6.33. The lowest BCUT2D eigenvalue weighted by Crippen LogP contribution is -2.31. The van der Waals surface area contributed by atoms with Gasteiger partial charge in [0, 0.05) is 27.0 Å². The minimum Gasteiger partial charge on any atom is -0.383 e. The van der Waals surface area contributed by atoms with E-state index in [1.54, 1.807) is 7.11 Å². The maximum absolute atomic E-state index is 11.8. The van der Waals surface area contributed by atoms with Crippen molar-refractivity contribution in [3.8, 4) is 0 Å². The number of rotatable bonds is 8. The number of amides is 2. The van der Waals surface area contributed by atoms with Crippen LogP contribution in [0.1, 0.15) is 20.8 Å². The molecule has 0 unspecified atom stereocenters. The van der Waals surface area contributed by atoms with Gasteiger partial charge < -0.3 is 14.8 Å². The zero-order valence-electron chi connectivity index (χ0n) is 12.0. The molecule has 1 heterocycles. The summed E-state index contributed by atoms with van der Waals surface area (Å²) in [7, 11) is 3.01. The Balaban J connectivity index is 2.60. The third kappa shape index (κ3) is 5.46. The van der Waals surface area contributed by atoms with E-state index in [4.69, 9.17) is 9.47 Å². The number of hydroxylamine groups is 2. The van der Waals surface area contributed by atoms with E-state index in [0.717, 1.165) is 0 Å². The Morgan fingerprint density at radius 2 is 2.00 bits per heavy atom. The summed E-state index contributed by atoms with van der Waals surface area (Å²) in [5.74, 6) is -0.961. The average Bonchev–Trinajstić information content (AvgIpc) is 2.52. The summed E-state index contributed by atoms with van der Waals surface area (Å²) < 4.78 is 9.58. The topological polar surface area (TPSA) is 101 Å². The Kier molecular flexibility index (Phi) is 7.30. The standard InChI is InChI=1S/C13H19N3O5/c1-20-7-5-14-12(17)10-3-4-11(15-9-10)13(18)16(19)6-8-21-2/h3-4,9,19H,5-8H2,1-2H3,(H,14,17). The molecular formula is C13H19N3O5. The van der Waals surface area contributed by atoms with Crippen LogP contribution in [0.4, 0.5) is 0 Å². The quantitative estimate of drug-likeness (QED) is 0.396. The maximum Gasteiger partial charge on any atom is 0.295 e. The molecule has 0 aromatic carbocycles. The third-order valence-electron chi connectivity index (χ3n) is 2.58. The average molecular weight is 297 g/mol. The van der Waals surface area contributed by atoms with Gasteiger partial charge in [-0.1, -0.05) is 0 Å². The normalized spacial score (nSPS) is 10.2. The van der Waals surface area contributed by atoms with Gasteiger partial charge in [0.1, 0.15) is 5.69 Å². The molecule has 1 aromatic rings. The Morgan fingerprint density at radius 3 is 2.57 bits per heavy atom. The fourth-order valence-corrected chi connectivity index (χ4v) is 1.43. The molecule has 0 aliphatic carbocycles. The molecule has 0 aliphatic heterocycles. The molecule has 0 radical (unpaired) electrons. The van der Waals surface area contributed by atoms with Gasteiger partial charge in [-0.05, 0) is 12.1 Å². The summed E-state index contributed by atoms with van der Waals surface area (Å²) in [6.45, 7) is 1.05. The predicted octanol–water partition coefficient (Wildman–Crippen LogP) is -0.0644. The first-order valence-corrected chi connectivity index (χ1v) is 6.33. The fraction of sp³-hybridized carbons (Fsp3) is 0.462. The van der Waals surface area contributed by atoms with Crippen molar-refractivity contribution in [1.29, 1.82) is 0 Å². The lowest BCUT2D eigenvalue weighted by Gasteiger charge is -2.13. The van der Waals surface area contributed by atoms with Gasteiger partial charge in [-0.3, -0.25) is 19.8 Å². The van der Waals surface area contributed by atoms with Gasteiger partial charge in [0.25, 0.3) is 11.8 Å². The van der Waals surface area contributed by atoms with Crippen molar-refractivity contribution in [3.63, 3.8) is 0 Å². The highest BCUT2D eigenvalue weighted by atomic mass is 16.5. The Labute approximate surface area is 122 Å². The summed E-state index contributed by atoms with van der Waals surface area (Å²) in [6, 6.07) is 2.84. The molecule has 0 saturated carbocycles. The van der Waals surface area contributed by atoms with Crippen LogP contribution in [0.3, 0.4) is 0 Å². The van der Waals surface area contributed by atoms with Crippen molar-refractivity contribution in [2.45, 2.75) is 0 Å². The summed E-state index contributed by atoms with van der Waals surface area (Å²) in [5.41, 5.74) is 0.367. The number of carbonyl (C=O) groups excluding carboxylic acids is 2. The molecule has 2 N–H and O–H groups in total. The van der Waals surface area contributed by atoms with Crippen LogP contribution in [0.5, 0.6) is 0 Å². The van der Waals surface area contributed by atoms with Crippen molar-refractivity contribution in [2.75, 3.05) is 40.5 Å². The van der Waals surface area contributed by atoms with E-state index in [-0.39, 0.29) is 24.8 Å². The minimum absolute atomic E-state index is 0.0380. The summed E-state index contributed by atoms with van der Waals surface area (Å²) in [6.07, 6.45) is 1.28. The fourth-order valence-electron chi connectivity index (χ4n) is 1.43. The predicted molar refractivity (Wildman–Crippen MR) is 73.1 cm³/mol. The van der Waals surface area contributed by atoms with Crippen molar-refractivity contribution in [2.24, 2.45) is 0 Å². The Morgan fingerprint density at radius 1 is 1.29 bits per heavy atom. The number of methoxy groups -OCH3 is 2. The van der Waals surface area contributed by atoms with Crippen molar-refractivity contribution in [3.05, 3.63) is 29.6 Å². The van der Waals surface area contributed by atoms with Gasteiger partial charge in [-0.25, -0.2) is 5.06 Å². The Bertz CT molecular complexity index is 463. The Hall–Kier alpha value is -2.03. The molecule has 0 bridgehead atoms. The van der Waals surface area contributed by atoms with Crippen molar-refractivity contribution >= 4 is 11.8 Å². The number of pyridine rings is 1. The van der Waals surface area contributed by atoms with Gasteiger partial charge in [0.2, 0.25) is 0 Å². The van der Waals surface area contributed by atoms with E-state index in [1.807, 2.05) is 0 Å². The largest absolute Gasteiger partial charge is 0.383 e. The minimum atomic E-state index is -0.654. The molecule has 116 valence electrons. The van der Waals surface area contributed by atoms with E-state index < -0.39 is 5.91 Å². The van der Waals surface area contributed by atoms with E-state index >= 15 is 0 Å². The second-order valence-corrected chi connectivity index (χ2v) is 4.10. The van der Waals surface area contributed by atoms with Gasteiger partial charge in [-0.15, -0.1) is 0 Å². The molecule has 8 nitrogen and oxygen atoms in total. The second-order valence-electron chi connectivity index (χ2n) is 4.10. The molecule has 21 heavy (non-hydrogen) atoms. The highest BCUT2D eigenvalue weighted by Gasteiger charge is 2.15. The smallest absolute Gasteiger partial charge is 0.295 e. The first kappa shape index (κ1) is 17.0. The van der Waals surface area contributed by atoms with Gasteiger partial charge in [0.15, 0.2) is 0 Å². The number of hydrogen-bond acceptors (Lipinski definition) is 6. The van der Waals surface area contributed by atoms with E-state index in [0.29, 0.717) is 23.8 Å².